The summed E-state index contributed by atoms with van der Waals surface area (Å²) in [5.41, 5.74) is 0.952. The predicted molar refractivity (Wildman–Crippen MR) is 41.4 cm³/mol. The number of rotatable bonds is 3. The van der Waals surface area contributed by atoms with Crippen molar-refractivity contribution in [1.82, 2.24) is 5.16 Å². The molecule has 3 heteroatoms. The van der Waals surface area contributed by atoms with E-state index >= 15 is 0 Å². The van der Waals surface area contributed by atoms with Gasteiger partial charge in [-0.1, -0.05) is 19.0 Å². The fourth-order valence-corrected chi connectivity index (χ4v) is 0.829. The lowest BCUT2D eigenvalue weighted by Crippen LogP contribution is -1.87. The van der Waals surface area contributed by atoms with E-state index in [4.69, 9.17) is 9.63 Å². The van der Waals surface area contributed by atoms with Crippen LogP contribution in [-0.4, -0.2) is 16.9 Å². The molecule has 0 saturated heterocycles. The third-order valence-electron chi connectivity index (χ3n) is 1.53. The Morgan fingerprint density at radius 3 is 2.82 bits per heavy atom. The summed E-state index contributed by atoms with van der Waals surface area (Å²) in [5.74, 6) is 1.15. The fourth-order valence-electron chi connectivity index (χ4n) is 0.829. The van der Waals surface area contributed by atoms with Crippen LogP contribution >= 0.6 is 0 Å². The lowest BCUT2D eigenvalue weighted by Gasteiger charge is -1.93. The zero-order valence-corrected chi connectivity index (χ0v) is 6.87. The molecule has 0 aliphatic heterocycles. The highest BCUT2D eigenvalue weighted by molar-refractivity contribution is 5.08. The average Bonchev–Trinajstić information content (AvgIpc) is 2.37. The second-order valence-electron chi connectivity index (χ2n) is 2.85. The second-order valence-corrected chi connectivity index (χ2v) is 2.85. The highest BCUT2D eigenvalue weighted by atomic mass is 16.5. The van der Waals surface area contributed by atoms with Gasteiger partial charge in [-0.05, 0) is 5.92 Å². The van der Waals surface area contributed by atoms with Crippen molar-refractivity contribution in [3.05, 3.63) is 17.5 Å². The summed E-state index contributed by atoms with van der Waals surface area (Å²) >= 11 is 0. The maximum absolute atomic E-state index is 8.58. The SMILES string of the molecule is CC(C)c1cc(CCO)on1. The van der Waals surface area contributed by atoms with Gasteiger partial charge in [-0.3, -0.25) is 0 Å². The molecule has 0 spiro atoms. The summed E-state index contributed by atoms with van der Waals surface area (Å²) in [5, 5.41) is 12.4. The van der Waals surface area contributed by atoms with Crippen LogP contribution in [0.1, 0.15) is 31.2 Å². The largest absolute Gasteiger partial charge is 0.396 e. The Hall–Kier alpha value is -0.830. The minimum atomic E-state index is 0.118. The van der Waals surface area contributed by atoms with Crippen molar-refractivity contribution in [2.75, 3.05) is 6.61 Å². The average molecular weight is 155 g/mol. The first-order valence-corrected chi connectivity index (χ1v) is 3.80. The van der Waals surface area contributed by atoms with Crippen LogP contribution in [0.5, 0.6) is 0 Å². The van der Waals surface area contributed by atoms with Crippen molar-refractivity contribution in [2.45, 2.75) is 26.2 Å². The molecular formula is C8H13NO2. The van der Waals surface area contributed by atoms with Crippen LogP contribution < -0.4 is 0 Å². The summed E-state index contributed by atoms with van der Waals surface area (Å²) in [6, 6.07) is 1.89. The molecule has 3 nitrogen and oxygen atoms in total. The normalized spacial score (nSPS) is 10.9. The molecule has 1 aromatic rings. The molecule has 0 bridgehead atoms. The number of hydrogen-bond acceptors (Lipinski definition) is 3. The summed E-state index contributed by atoms with van der Waals surface area (Å²) in [4.78, 5) is 0. The maximum Gasteiger partial charge on any atom is 0.139 e. The maximum atomic E-state index is 8.58. The number of aromatic nitrogens is 1. The van der Waals surface area contributed by atoms with Gasteiger partial charge in [-0.15, -0.1) is 0 Å². The van der Waals surface area contributed by atoms with E-state index < -0.39 is 0 Å². The molecule has 1 aromatic heterocycles. The van der Waals surface area contributed by atoms with E-state index in [1.54, 1.807) is 0 Å². The standard InChI is InChI=1S/C8H13NO2/c1-6(2)8-5-7(3-4-10)11-9-8/h5-6,10H,3-4H2,1-2H3. The quantitative estimate of drug-likeness (QED) is 0.716. The molecule has 1 rings (SSSR count). The topological polar surface area (TPSA) is 46.3 Å². The second kappa shape index (κ2) is 3.53. The van der Waals surface area contributed by atoms with Gasteiger partial charge < -0.3 is 9.63 Å². The molecule has 1 N–H and O–H groups in total. The molecule has 62 valence electrons. The van der Waals surface area contributed by atoms with Gasteiger partial charge in [0.2, 0.25) is 0 Å². The molecule has 0 aromatic carbocycles. The highest BCUT2D eigenvalue weighted by Crippen LogP contribution is 2.13. The lowest BCUT2D eigenvalue weighted by molar-refractivity contribution is 0.276. The van der Waals surface area contributed by atoms with E-state index in [9.17, 15) is 0 Å². The van der Waals surface area contributed by atoms with Crippen molar-refractivity contribution >= 4 is 0 Å². The van der Waals surface area contributed by atoms with Crippen molar-refractivity contribution in [2.24, 2.45) is 0 Å². The van der Waals surface area contributed by atoms with Crippen molar-refractivity contribution in [3.63, 3.8) is 0 Å². The molecule has 0 fully saturated rings. The molecule has 0 radical (unpaired) electrons. The van der Waals surface area contributed by atoms with Crippen LogP contribution in [0.15, 0.2) is 10.6 Å². The Morgan fingerprint density at radius 1 is 1.64 bits per heavy atom. The van der Waals surface area contributed by atoms with Crippen molar-refractivity contribution < 1.29 is 9.63 Å². The third kappa shape index (κ3) is 2.05. The van der Waals surface area contributed by atoms with E-state index in [1.165, 1.54) is 0 Å². The number of aliphatic hydroxyl groups excluding tert-OH is 1. The van der Waals surface area contributed by atoms with Gasteiger partial charge in [0.15, 0.2) is 0 Å². The van der Waals surface area contributed by atoms with E-state index in [0.717, 1.165) is 11.5 Å². The monoisotopic (exact) mass is 155 g/mol. The Morgan fingerprint density at radius 2 is 2.36 bits per heavy atom. The molecule has 0 atom stereocenters. The molecule has 0 aliphatic carbocycles. The predicted octanol–water partition coefficient (Wildman–Crippen LogP) is 1.33. The van der Waals surface area contributed by atoms with Crippen molar-refractivity contribution in [1.29, 1.82) is 0 Å². The number of nitrogens with zero attached hydrogens (tertiary/aromatic N) is 1. The number of aliphatic hydroxyl groups is 1. The van der Waals surface area contributed by atoms with Crippen LogP contribution in [0.25, 0.3) is 0 Å². The van der Waals surface area contributed by atoms with E-state index in [-0.39, 0.29) is 6.61 Å². The Balaban J connectivity index is 2.66. The molecule has 1 heterocycles. The minimum Gasteiger partial charge on any atom is -0.396 e. The van der Waals surface area contributed by atoms with Crippen LogP contribution in [-0.2, 0) is 6.42 Å². The van der Waals surface area contributed by atoms with E-state index in [1.807, 2.05) is 6.07 Å². The molecule has 0 amide bonds. The van der Waals surface area contributed by atoms with Gasteiger partial charge in [-0.2, -0.15) is 0 Å². The van der Waals surface area contributed by atoms with Gasteiger partial charge in [-0.25, -0.2) is 0 Å². The molecule has 0 unspecified atom stereocenters. The molecule has 11 heavy (non-hydrogen) atoms. The van der Waals surface area contributed by atoms with Gasteiger partial charge in [0.25, 0.3) is 0 Å². The summed E-state index contributed by atoms with van der Waals surface area (Å²) in [6.07, 6.45) is 0.555. The Kier molecular flexibility index (Phi) is 2.65. The van der Waals surface area contributed by atoms with Gasteiger partial charge in [0.1, 0.15) is 5.76 Å². The molecular weight excluding hydrogens is 142 g/mol. The summed E-state index contributed by atoms with van der Waals surface area (Å²) in [7, 11) is 0. The third-order valence-corrected chi connectivity index (χ3v) is 1.53. The first-order valence-electron chi connectivity index (χ1n) is 3.80. The van der Waals surface area contributed by atoms with Crippen LogP contribution in [0, 0.1) is 0 Å². The lowest BCUT2D eigenvalue weighted by atomic mass is 10.1. The summed E-state index contributed by atoms with van der Waals surface area (Å²) < 4.78 is 4.96. The Bertz CT molecular complexity index is 218. The fraction of sp³-hybridized carbons (Fsp3) is 0.625. The van der Waals surface area contributed by atoms with Crippen LogP contribution in [0.4, 0.5) is 0 Å². The highest BCUT2D eigenvalue weighted by Gasteiger charge is 2.05. The smallest absolute Gasteiger partial charge is 0.139 e. The molecule has 0 aliphatic rings. The van der Waals surface area contributed by atoms with E-state index in [0.29, 0.717) is 12.3 Å². The number of hydrogen-bond donors (Lipinski definition) is 1. The minimum absolute atomic E-state index is 0.118. The first-order chi connectivity index (χ1) is 5.24. The van der Waals surface area contributed by atoms with Gasteiger partial charge in [0.05, 0.1) is 12.3 Å². The zero-order valence-electron chi connectivity index (χ0n) is 6.87. The summed E-state index contributed by atoms with van der Waals surface area (Å²) in [6.45, 7) is 4.23. The van der Waals surface area contributed by atoms with E-state index in [2.05, 4.69) is 19.0 Å². The molecule has 0 saturated carbocycles. The van der Waals surface area contributed by atoms with Gasteiger partial charge in [0, 0.05) is 12.5 Å². The van der Waals surface area contributed by atoms with Crippen LogP contribution in [0.3, 0.4) is 0 Å². The first kappa shape index (κ1) is 8.27. The zero-order chi connectivity index (χ0) is 8.27. The van der Waals surface area contributed by atoms with Gasteiger partial charge >= 0.3 is 0 Å². The van der Waals surface area contributed by atoms with Crippen molar-refractivity contribution in [3.8, 4) is 0 Å². The Labute approximate surface area is 66.0 Å². The van der Waals surface area contributed by atoms with Crippen LogP contribution in [0.2, 0.25) is 0 Å².